The van der Waals surface area contributed by atoms with Crippen LogP contribution in [0.4, 0.5) is 0 Å². The lowest BCUT2D eigenvalue weighted by Gasteiger charge is -2.06. The second kappa shape index (κ2) is 12.2. The lowest BCUT2D eigenvalue weighted by atomic mass is 10.0. The Hall–Kier alpha value is -1.35. The van der Waals surface area contributed by atoms with Crippen molar-refractivity contribution in [2.75, 3.05) is 13.2 Å². The van der Waals surface area contributed by atoms with E-state index in [-0.39, 0.29) is 12.6 Å². The molecule has 0 fully saturated rings. The van der Waals surface area contributed by atoms with E-state index in [2.05, 4.69) is 6.92 Å². The van der Waals surface area contributed by atoms with Gasteiger partial charge in [-0.05, 0) is 37.5 Å². The number of carbonyl (C=O) groups excluding carboxylic acids is 1. The molecule has 1 aromatic carbocycles. The summed E-state index contributed by atoms with van der Waals surface area (Å²) in [5.41, 5.74) is 1.30. The van der Waals surface area contributed by atoms with Crippen LogP contribution in [0.2, 0.25) is 0 Å². The quantitative estimate of drug-likeness (QED) is 0.312. The van der Waals surface area contributed by atoms with Crippen LogP contribution < -0.4 is 4.74 Å². The van der Waals surface area contributed by atoms with E-state index >= 15 is 0 Å². The Labute approximate surface area is 135 Å². The van der Waals surface area contributed by atoms with E-state index in [0.717, 1.165) is 6.42 Å². The maximum Gasteiger partial charge on any atom is 0.337 e. The van der Waals surface area contributed by atoms with E-state index in [1.807, 2.05) is 31.2 Å². The minimum atomic E-state index is -0.346. The number of hydrogen-bond donors (Lipinski definition) is 0. The van der Waals surface area contributed by atoms with Gasteiger partial charge in [0.05, 0.1) is 0 Å². The van der Waals surface area contributed by atoms with E-state index in [1.165, 1.54) is 50.5 Å². The van der Waals surface area contributed by atoms with Crippen LogP contribution in [-0.2, 0) is 16.0 Å². The van der Waals surface area contributed by atoms with Crippen LogP contribution in [0.3, 0.4) is 0 Å². The van der Waals surface area contributed by atoms with E-state index in [1.54, 1.807) is 0 Å². The van der Waals surface area contributed by atoms with Gasteiger partial charge >= 0.3 is 5.97 Å². The van der Waals surface area contributed by atoms with Crippen molar-refractivity contribution in [1.82, 2.24) is 0 Å². The second-order valence-electron chi connectivity index (χ2n) is 5.63. The van der Waals surface area contributed by atoms with E-state index < -0.39 is 0 Å². The molecule has 0 heterocycles. The largest absolute Gasteiger partial charge is 0.425 e. The lowest BCUT2D eigenvalue weighted by molar-refractivity contribution is -0.139. The first-order chi connectivity index (χ1) is 10.8. The molecule has 0 aliphatic carbocycles. The van der Waals surface area contributed by atoms with E-state index in [0.29, 0.717) is 12.4 Å². The van der Waals surface area contributed by atoms with Gasteiger partial charge in [0, 0.05) is 6.61 Å². The molecule has 0 saturated heterocycles. The first kappa shape index (κ1) is 18.7. The van der Waals surface area contributed by atoms with Crippen LogP contribution in [0.15, 0.2) is 24.3 Å². The fourth-order valence-electron chi connectivity index (χ4n) is 2.36. The zero-order valence-electron chi connectivity index (χ0n) is 14.1. The monoisotopic (exact) mass is 306 g/mol. The molecule has 0 radical (unpaired) electrons. The highest BCUT2D eigenvalue weighted by Crippen LogP contribution is 2.15. The van der Waals surface area contributed by atoms with Gasteiger partial charge in [0.15, 0.2) is 0 Å². The standard InChI is InChI=1S/C19H30O3/c1-3-5-6-7-8-9-10-11-17-12-14-18(15-13-17)22-19(20)16-21-4-2/h12-15H,3-11,16H2,1-2H3. The first-order valence-electron chi connectivity index (χ1n) is 8.63. The maximum atomic E-state index is 11.4. The van der Waals surface area contributed by atoms with Gasteiger partial charge in [0.2, 0.25) is 0 Å². The molecule has 3 heteroatoms. The molecule has 22 heavy (non-hydrogen) atoms. The minimum absolute atomic E-state index is 0.0102. The Morgan fingerprint density at radius 3 is 2.18 bits per heavy atom. The molecule has 0 aliphatic rings. The van der Waals surface area contributed by atoms with Gasteiger partial charge in [-0.25, -0.2) is 4.79 Å². The SMILES string of the molecule is CCCCCCCCCc1ccc(OC(=O)COCC)cc1. The normalized spacial score (nSPS) is 10.6. The molecule has 124 valence electrons. The third kappa shape index (κ3) is 8.83. The minimum Gasteiger partial charge on any atom is -0.425 e. The van der Waals surface area contributed by atoms with E-state index in [9.17, 15) is 4.79 Å². The van der Waals surface area contributed by atoms with Gasteiger partial charge in [-0.1, -0.05) is 57.6 Å². The molecule has 1 aromatic rings. The topological polar surface area (TPSA) is 35.5 Å². The summed E-state index contributed by atoms with van der Waals surface area (Å²) in [4.78, 5) is 11.4. The summed E-state index contributed by atoms with van der Waals surface area (Å²) in [6.45, 7) is 4.63. The molecule has 0 saturated carbocycles. The van der Waals surface area contributed by atoms with Gasteiger partial charge in [-0.15, -0.1) is 0 Å². The molecule has 0 atom stereocenters. The summed E-state index contributed by atoms with van der Waals surface area (Å²) in [5.74, 6) is 0.245. The second-order valence-corrected chi connectivity index (χ2v) is 5.63. The van der Waals surface area contributed by atoms with Gasteiger partial charge in [-0.3, -0.25) is 0 Å². The molecule has 0 aromatic heterocycles. The smallest absolute Gasteiger partial charge is 0.337 e. The van der Waals surface area contributed by atoms with Crippen LogP contribution in [0, 0.1) is 0 Å². The molecule has 0 amide bonds. The van der Waals surface area contributed by atoms with Gasteiger partial charge in [0.25, 0.3) is 0 Å². The summed E-state index contributed by atoms with van der Waals surface area (Å²) in [6.07, 6.45) is 10.4. The average molecular weight is 306 g/mol. The molecule has 0 bridgehead atoms. The highest BCUT2D eigenvalue weighted by Gasteiger charge is 2.04. The zero-order valence-corrected chi connectivity index (χ0v) is 14.1. The van der Waals surface area contributed by atoms with Gasteiger partial charge < -0.3 is 9.47 Å². The molecular weight excluding hydrogens is 276 g/mol. The van der Waals surface area contributed by atoms with Crippen LogP contribution in [-0.4, -0.2) is 19.2 Å². The van der Waals surface area contributed by atoms with E-state index in [4.69, 9.17) is 9.47 Å². The number of hydrogen-bond acceptors (Lipinski definition) is 3. The Balaban J connectivity index is 2.17. The first-order valence-corrected chi connectivity index (χ1v) is 8.63. The molecular formula is C19H30O3. The Kier molecular flexibility index (Phi) is 10.4. The van der Waals surface area contributed by atoms with Crippen LogP contribution in [0.25, 0.3) is 0 Å². The average Bonchev–Trinajstić information content (AvgIpc) is 2.53. The Bertz CT molecular complexity index is 398. The fraction of sp³-hybridized carbons (Fsp3) is 0.632. The summed E-state index contributed by atoms with van der Waals surface area (Å²) in [6, 6.07) is 7.81. The van der Waals surface area contributed by atoms with Crippen molar-refractivity contribution >= 4 is 5.97 Å². The van der Waals surface area contributed by atoms with Crippen LogP contribution in [0.5, 0.6) is 5.75 Å². The summed E-state index contributed by atoms with van der Waals surface area (Å²) in [5, 5.41) is 0. The number of esters is 1. The molecule has 3 nitrogen and oxygen atoms in total. The van der Waals surface area contributed by atoms with Gasteiger partial charge in [0.1, 0.15) is 12.4 Å². The molecule has 0 unspecified atom stereocenters. The van der Waals surface area contributed by atoms with Crippen molar-refractivity contribution in [1.29, 1.82) is 0 Å². The summed E-state index contributed by atoms with van der Waals surface area (Å²) >= 11 is 0. The molecule has 1 rings (SSSR count). The predicted octanol–water partition coefficient (Wildman–Crippen LogP) is 4.92. The highest BCUT2D eigenvalue weighted by atomic mass is 16.6. The summed E-state index contributed by atoms with van der Waals surface area (Å²) < 4.78 is 10.2. The van der Waals surface area contributed by atoms with Crippen molar-refractivity contribution in [3.63, 3.8) is 0 Å². The number of unbranched alkanes of at least 4 members (excludes halogenated alkanes) is 6. The molecule has 0 N–H and O–H groups in total. The van der Waals surface area contributed by atoms with Crippen molar-refractivity contribution in [3.05, 3.63) is 29.8 Å². The van der Waals surface area contributed by atoms with Crippen molar-refractivity contribution in [2.45, 2.75) is 65.2 Å². The summed E-state index contributed by atoms with van der Waals surface area (Å²) in [7, 11) is 0. The van der Waals surface area contributed by atoms with Crippen LogP contribution in [0.1, 0.15) is 64.4 Å². The van der Waals surface area contributed by atoms with Gasteiger partial charge in [-0.2, -0.15) is 0 Å². The highest BCUT2D eigenvalue weighted by molar-refractivity contribution is 5.73. The lowest BCUT2D eigenvalue weighted by Crippen LogP contribution is -2.15. The third-order valence-corrected chi connectivity index (χ3v) is 3.65. The molecule has 0 aliphatic heterocycles. The zero-order chi connectivity index (χ0) is 16.0. The number of benzene rings is 1. The van der Waals surface area contributed by atoms with Crippen LogP contribution >= 0.6 is 0 Å². The van der Waals surface area contributed by atoms with Crippen molar-refractivity contribution < 1.29 is 14.3 Å². The van der Waals surface area contributed by atoms with Crippen molar-refractivity contribution in [3.8, 4) is 5.75 Å². The number of aryl methyl sites for hydroxylation is 1. The Morgan fingerprint density at radius 2 is 1.55 bits per heavy atom. The third-order valence-electron chi connectivity index (χ3n) is 3.65. The fourth-order valence-corrected chi connectivity index (χ4v) is 2.36. The Morgan fingerprint density at radius 1 is 0.909 bits per heavy atom. The number of carbonyl (C=O) groups is 1. The maximum absolute atomic E-state index is 11.4. The predicted molar refractivity (Wildman–Crippen MR) is 90.3 cm³/mol. The van der Waals surface area contributed by atoms with Crippen molar-refractivity contribution in [2.24, 2.45) is 0 Å². The number of ether oxygens (including phenoxy) is 2. The molecule has 0 spiro atoms. The number of rotatable bonds is 12.